The molecule has 116 valence electrons. The first kappa shape index (κ1) is 15.3. The van der Waals surface area contributed by atoms with Crippen LogP contribution in [-0.4, -0.2) is 46.1 Å². The van der Waals surface area contributed by atoms with Gasteiger partial charge in [-0.2, -0.15) is 5.10 Å². The Morgan fingerprint density at radius 3 is 2.57 bits per heavy atom. The fraction of sp³-hybridized carbons (Fsp3) is 0.643. The first-order valence-electron chi connectivity index (χ1n) is 7.42. The number of carbonyl (C=O) groups excluding carboxylic acids is 2. The number of aromatic nitrogens is 2. The van der Waals surface area contributed by atoms with Crippen LogP contribution in [-0.2, 0) is 18.3 Å². The average Bonchev–Trinajstić information content (AvgIpc) is 3.06. The molecule has 0 aromatic carbocycles. The molecule has 1 aromatic heterocycles. The lowest BCUT2D eigenvalue weighted by atomic mass is 10.2. The number of hydrogen-bond donors (Lipinski definition) is 2. The summed E-state index contributed by atoms with van der Waals surface area (Å²) < 4.78 is 1.49. The fourth-order valence-corrected chi connectivity index (χ4v) is 2.62. The third-order valence-electron chi connectivity index (χ3n) is 3.79. The lowest BCUT2D eigenvalue weighted by Crippen LogP contribution is -2.33. The third-order valence-corrected chi connectivity index (χ3v) is 3.79. The Morgan fingerprint density at radius 1 is 1.33 bits per heavy atom. The molecular weight excluding hydrogens is 270 g/mol. The van der Waals surface area contributed by atoms with Gasteiger partial charge in [0.25, 0.3) is 5.91 Å². The number of nitrogens with zero attached hydrogens (tertiary/aromatic N) is 3. The highest BCUT2D eigenvalue weighted by atomic mass is 16.2. The molecule has 21 heavy (non-hydrogen) atoms. The normalized spacial score (nSPS) is 14.5. The van der Waals surface area contributed by atoms with E-state index < -0.39 is 0 Å². The maximum absolute atomic E-state index is 12.1. The van der Waals surface area contributed by atoms with E-state index in [1.54, 1.807) is 7.05 Å². The van der Waals surface area contributed by atoms with Crippen molar-refractivity contribution in [2.24, 2.45) is 7.05 Å². The van der Waals surface area contributed by atoms with Crippen molar-refractivity contribution < 1.29 is 9.59 Å². The van der Waals surface area contributed by atoms with E-state index in [1.807, 2.05) is 11.8 Å². The number of carbonyl (C=O) groups is 2. The summed E-state index contributed by atoms with van der Waals surface area (Å²) in [6.07, 6.45) is 3.15. The second-order valence-electron chi connectivity index (χ2n) is 5.28. The summed E-state index contributed by atoms with van der Waals surface area (Å²) >= 11 is 0. The van der Waals surface area contributed by atoms with Crippen molar-refractivity contribution in [2.45, 2.75) is 32.6 Å². The highest BCUT2D eigenvalue weighted by Gasteiger charge is 2.20. The number of nitrogens with two attached hydrogens (primary N) is 1. The largest absolute Gasteiger partial charge is 0.395 e. The Hall–Kier alpha value is -2.05. The zero-order valence-corrected chi connectivity index (χ0v) is 12.7. The van der Waals surface area contributed by atoms with E-state index in [4.69, 9.17) is 5.73 Å². The summed E-state index contributed by atoms with van der Waals surface area (Å²) in [6, 6.07) is 0. The topological polar surface area (TPSA) is 93.2 Å². The van der Waals surface area contributed by atoms with Crippen LogP contribution in [0.5, 0.6) is 0 Å². The van der Waals surface area contributed by atoms with Gasteiger partial charge in [-0.1, -0.05) is 6.92 Å². The lowest BCUT2D eigenvalue weighted by molar-refractivity contribution is -0.129. The molecule has 1 aromatic rings. The van der Waals surface area contributed by atoms with Crippen LogP contribution in [0.2, 0.25) is 0 Å². The number of hydrogen-bond acceptors (Lipinski definition) is 4. The number of anilines is 1. The van der Waals surface area contributed by atoms with Crippen LogP contribution in [0.4, 0.5) is 5.69 Å². The van der Waals surface area contributed by atoms with Crippen LogP contribution in [0.1, 0.15) is 42.4 Å². The zero-order valence-electron chi connectivity index (χ0n) is 12.7. The van der Waals surface area contributed by atoms with E-state index in [0.717, 1.165) is 31.6 Å². The SMILES string of the molecule is CCc1nn(C)c(C(=O)NCCC(=O)N2CCCC2)c1N. The molecule has 1 aliphatic heterocycles. The van der Waals surface area contributed by atoms with Crippen LogP contribution in [0.25, 0.3) is 0 Å². The van der Waals surface area contributed by atoms with E-state index in [9.17, 15) is 9.59 Å². The van der Waals surface area contributed by atoms with Gasteiger partial charge >= 0.3 is 0 Å². The Kier molecular flexibility index (Phi) is 4.82. The van der Waals surface area contributed by atoms with Gasteiger partial charge in [-0.3, -0.25) is 14.3 Å². The molecule has 1 aliphatic rings. The fourth-order valence-electron chi connectivity index (χ4n) is 2.62. The molecule has 2 rings (SSSR count). The van der Waals surface area contributed by atoms with Gasteiger partial charge in [0, 0.05) is 33.1 Å². The molecule has 0 saturated carbocycles. The Balaban J connectivity index is 1.87. The molecule has 0 atom stereocenters. The maximum Gasteiger partial charge on any atom is 0.271 e. The second-order valence-corrected chi connectivity index (χ2v) is 5.28. The van der Waals surface area contributed by atoms with Gasteiger partial charge in [-0.05, 0) is 19.3 Å². The molecular formula is C14H23N5O2. The first-order chi connectivity index (χ1) is 10.0. The molecule has 2 amide bonds. The number of aryl methyl sites for hydroxylation is 2. The number of rotatable bonds is 5. The molecule has 1 fully saturated rings. The minimum atomic E-state index is -0.281. The van der Waals surface area contributed by atoms with Crippen LogP contribution in [0.3, 0.4) is 0 Å². The molecule has 0 radical (unpaired) electrons. The number of nitrogen functional groups attached to an aromatic ring is 1. The summed E-state index contributed by atoms with van der Waals surface area (Å²) in [6.45, 7) is 3.93. The number of nitrogens with one attached hydrogen (secondary N) is 1. The van der Waals surface area contributed by atoms with E-state index in [0.29, 0.717) is 30.8 Å². The number of likely N-dealkylation sites (tertiary alicyclic amines) is 1. The second kappa shape index (κ2) is 6.60. The first-order valence-corrected chi connectivity index (χ1v) is 7.42. The van der Waals surface area contributed by atoms with Crippen molar-refractivity contribution in [1.82, 2.24) is 20.0 Å². The van der Waals surface area contributed by atoms with Gasteiger partial charge in [0.05, 0.1) is 11.4 Å². The molecule has 2 heterocycles. The summed E-state index contributed by atoms with van der Waals surface area (Å²) in [4.78, 5) is 25.9. The lowest BCUT2D eigenvalue weighted by Gasteiger charge is -2.15. The molecule has 7 nitrogen and oxygen atoms in total. The predicted molar refractivity (Wildman–Crippen MR) is 79.8 cm³/mol. The van der Waals surface area contributed by atoms with Gasteiger partial charge in [0.15, 0.2) is 0 Å². The standard InChI is InChI=1S/C14H23N5O2/c1-3-10-12(15)13(18(2)17-10)14(21)16-7-6-11(20)19-8-4-5-9-19/h3-9,15H2,1-2H3,(H,16,21). The summed E-state index contributed by atoms with van der Waals surface area (Å²) in [5.41, 5.74) is 7.43. The average molecular weight is 293 g/mol. The van der Waals surface area contributed by atoms with Crippen molar-refractivity contribution in [3.8, 4) is 0 Å². The molecule has 0 bridgehead atoms. The third kappa shape index (κ3) is 3.34. The number of amides is 2. The quantitative estimate of drug-likeness (QED) is 0.817. The van der Waals surface area contributed by atoms with E-state index in [-0.39, 0.29) is 11.8 Å². The zero-order chi connectivity index (χ0) is 15.4. The summed E-state index contributed by atoms with van der Waals surface area (Å²) in [5.74, 6) is -0.184. The van der Waals surface area contributed by atoms with E-state index in [1.165, 1.54) is 4.68 Å². The van der Waals surface area contributed by atoms with Crippen molar-refractivity contribution in [3.05, 3.63) is 11.4 Å². The Labute approximate surface area is 124 Å². The minimum Gasteiger partial charge on any atom is -0.395 e. The Morgan fingerprint density at radius 2 is 2.00 bits per heavy atom. The monoisotopic (exact) mass is 293 g/mol. The van der Waals surface area contributed by atoms with Gasteiger partial charge in [-0.25, -0.2) is 0 Å². The van der Waals surface area contributed by atoms with E-state index >= 15 is 0 Å². The molecule has 1 saturated heterocycles. The summed E-state index contributed by atoms with van der Waals surface area (Å²) in [7, 11) is 1.69. The van der Waals surface area contributed by atoms with Gasteiger partial charge < -0.3 is 16.0 Å². The van der Waals surface area contributed by atoms with Crippen LogP contribution >= 0.6 is 0 Å². The van der Waals surface area contributed by atoms with Gasteiger partial charge in [0.2, 0.25) is 5.91 Å². The highest BCUT2D eigenvalue weighted by Crippen LogP contribution is 2.16. The van der Waals surface area contributed by atoms with Gasteiger partial charge in [0.1, 0.15) is 5.69 Å². The van der Waals surface area contributed by atoms with Crippen molar-refractivity contribution >= 4 is 17.5 Å². The van der Waals surface area contributed by atoms with Crippen LogP contribution in [0, 0.1) is 0 Å². The highest BCUT2D eigenvalue weighted by molar-refractivity contribution is 5.98. The molecule has 0 aliphatic carbocycles. The van der Waals surface area contributed by atoms with Crippen molar-refractivity contribution in [1.29, 1.82) is 0 Å². The molecule has 7 heteroatoms. The Bertz CT molecular complexity index is 532. The van der Waals surface area contributed by atoms with E-state index in [2.05, 4.69) is 10.4 Å². The molecule has 0 spiro atoms. The van der Waals surface area contributed by atoms with Crippen molar-refractivity contribution in [2.75, 3.05) is 25.4 Å². The minimum absolute atomic E-state index is 0.0972. The van der Waals surface area contributed by atoms with Crippen LogP contribution < -0.4 is 11.1 Å². The molecule has 3 N–H and O–H groups in total. The maximum atomic E-state index is 12.1. The summed E-state index contributed by atoms with van der Waals surface area (Å²) in [5, 5.41) is 6.96. The predicted octanol–water partition coefficient (Wildman–Crippen LogP) is 0.307. The van der Waals surface area contributed by atoms with Crippen molar-refractivity contribution in [3.63, 3.8) is 0 Å². The smallest absolute Gasteiger partial charge is 0.271 e. The van der Waals surface area contributed by atoms with Gasteiger partial charge in [-0.15, -0.1) is 0 Å². The molecule has 0 unspecified atom stereocenters. The van der Waals surface area contributed by atoms with Crippen LogP contribution in [0.15, 0.2) is 0 Å².